The lowest BCUT2D eigenvalue weighted by molar-refractivity contribution is 0.102. The molecule has 1 aliphatic carbocycles. The summed E-state index contributed by atoms with van der Waals surface area (Å²) in [7, 11) is 0. The lowest BCUT2D eigenvalue weighted by Gasteiger charge is -2.17. The summed E-state index contributed by atoms with van der Waals surface area (Å²) in [6.45, 7) is 0.241. The first-order chi connectivity index (χ1) is 10.7. The van der Waals surface area contributed by atoms with Crippen LogP contribution in [-0.4, -0.2) is 17.7 Å². The standard InChI is InChI=1S/C18H14O4/c19-14-4-5-15-12(9-14)2-3-13(18(15)20)7-11-1-6-16-17(8-11)22-10-21-16/h1,4-9,19H,2-3,10H2. The molecule has 0 amide bonds. The highest BCUT2D eigenvalue weighted by molar-refractivity contribution is 6.13. The van der Waals surface area contributed by atoms with Crippen LogP contribution < -0.4 is 9.47 Å². The van der Waals surface area contributed by atoms with Crippen molar-refractivity contribution < 1.29 is 19.4 Å². The van der Waals surface area contributed by atoms with Crippen molar-refractivity contribution in [1.29, 1.82) is 0 Å². The van der Waals surface area contributed by atoms with E-state index in [9.17, 15) is 9.90 Å². The third-order valence-electron chi connectivity index (χ3n) is 4.03. The van der Waals surface area contributed by atoms with Crippen molar-refractivity contribution in [2.45, 2.75) is 12.8 Å². The molecule has 0 spiro atoms. The number of hydrogen-bond acceptors (Lipinski definition) is 4. The van der Waals surface area contributed by atoms with Crippen molar-refractivity contribution in [3.63, 3.8) is 0 Å². The van der Waals surface area contributed by atoms with Crippen LogP contribution in [0.15, 0.2) is 42.0 Å². The molecule has 2 aromatic rings. The molecule has 1 N–H and O–H groups in total. The molecule has 4 nitrogen and oxygen atoms in total. The van der Waals surface area contributed by atoms with E-state index in [1.807, 2.05) is 24.3 Å². The number of phenols is 1. The zero-order valence-electron chi connectivity index (χ0n) is 11.8. The van der Waals surface area contributed by atoms with Crippen molar-refractivity contribution in [2.75, 3.05) is 6.79 Å². The quantitative estimate of drug-likeness (QED) is 0.820. The minimum absolute atomic E-state index is 0.0268. The average Bonchev–Trinajstić information content (AvgIpc) is 2.97. The Morgan fingerprint density at radius 1 is 1.00 bits per heavy atom. The first-order valence-electron chi connectivity index (χ1n) is 7.17. The number of Topliss-reactive ketones (excluding diaryl/α,β-unsaturated/α-hetero) is 1. The van der Waals surface area contributed by atoms with Crippen LogP contribution in [0.1, 0.15) is 27.9 Å². The molecule has 0 aromatic heterocycles. The van der Waals surface area contributed by atoms with E-state index in [1.54, 1.807) is 18.2 Å². The molecule has 0 saturated carbocycles. The number of benzene rings is 2. The van der Waals surface area contributed by atoms with Gasteiger partial charge in [-0.1, -0.05) is 6.07 Å². The largest absolute Gasteiger partial charge is 0.508 e. The van der Waals surface area contributed by atoms with Crippen molar-refractivity contribution in [3.05, 3.63) is 58.7 Å². The average molecular weight is 294 g/mol. The first-order valence-corrected chi connectivity index (χ1v) is 7.17. The number of hydrogen-bond donors (Lipinski definition) is 1. The summed E-state index contributed by atoms with van der Waals surface area (Å²) in [6.07, 6.45) is 3.33. The number of ketones is 1. The summed E-state index contributed by atoms with van der Waals surface area (Å²) < 4.78 is 10.6. The summed E-state index contributed by atoms with van der Waals surface area (Å²) in [5.74, 6) is 1.68. The fourth-order valence-corrected chi connectivity index (χ4v) is 2.91. The van der Waals surface area contributed by atoms with Gasteiger partial charge in [0.1, 0.15) is 5.75 Å². The zero-order chi connectivity index (χ0) is 15.1. The Hall–Kier alpha value is -2.75. The molecule has 2 aromatic carbocycles. The molecule has 0 bridgehead atoms. The van der Waals surface area contributed by atoms with Crippen molar-refractivity contribution >= 4 is 11.9 Å². The van der Waals surface area contributed by atoms with Gasteiger partial charge in [0.05, 0.1) is 0 Å². The van der Waals surface area contributed by atoms with E-state index < -0.39 is 0 Å². The molecular weight excluding hydrogens is 280 g/mol. The van der Waals surface area contributed by atoms with E-state index in [-0.39, 0.29) is 18.3 Å². The number of allylic oxidation sites excluding steroid dienone is 1. The van der Waals surface area contributed by atoms with E-state index in [1.165, 1.54) is 0 Å². The summed E-state index contributed by atoms with van der Waals surface area (Å²) >= 11 is 0. The van der Waals surface area contributed by atoms with E-state index in [4.69, 9.17) is 9.47 Å². The van der Waals surface area contributed by atoms with Gasteiger partial charge < -0.3 is 14.6 Å². The Labute approximate surface area is 127 Å². The predicted molar refractivity (Wildman–Crippen MR) is 81.3 cm³/mol. The molecule has 0 atom stereocenters. The van der Waals surface area contributed by atoms with Crippen LogP contribution in [0.4, 0.5) is 0 Å². The number of carbonyl (C=O) groups is 1. The molecule has 0 fully saturated rings. The van der Waals surface area contributed by atoms with Crippen LogP contribution in [-0.2, 0) is 6.42 Å². The smallest absolute Gasteiger partial charge is 0.231 e. The summed E-state index contributed by atoms with van der Waals surface area (Å²) in [5.41, 5.74) is 3.29. The molecule has 1 heterocycles. The number of ether oxygens (including phenoxy) is 2. The van der Waals surface area contributed by atoms with Crippen LogP contribution in [0, 0.1) is 0 Å². The SMILES string of the molecule is O=C1C(=Cc2ccc3c(c2)OCO3)CCc2cc(O)ccc21. The van der Waals surface area contributed by atoms with Gasteiger partial charge in [0.15, 0.2) is 17.3 Å². The lowest BCUT2D eigenvalue weighted by Crippen LogP contribution is -2.13. The van der Waals surface area contributed by atoms with Crippen molar-refractivity contribution in [1.82, 2.24) is 0 Å². The third kappa shape index (κ3) is 2.13. The molecule has 0 unspecified atom stereocenters. The van der Waals surface area contributed by atoms with Gasteiger partial charge in [-0.05, 0) is 60.4 Å². The normalized spacial score (nSPS) is 17.6. The van der Waals surface area contributed by atoms with Gasteiger partial charge in [-0.25, -0.2) is 0 Å². The van der Waals surface area contributed by atoms with Crippen molar-refractivity contribution in [2.24, 2.45) is 0 Å². The summed E-state index contributed by atoms with van der Waals surface area (Å²) in [4.78, 5) is 12.6. The Bertz CT molecular complexity index is 805. The van der Waals surface area contributed by atoms with E-state index >= 15 is 0 Å². The molecule has 1 aliphatic heterocycles. The molecule has 4 rings (SSSR count). The fourth-order valence-electron chi connectivity index (χ4n) is 2.91. The topological polar surface area (TPSA) is 55.8 Å². The second-order valence-electron chi connectivity index (χ2n) is 5.45. The van der Waals surface area contributed by atoms with Gasteiger partial charge in [-0.15, -0.1) is 0 Å². The number of phenolic OH excluding ortho intramolecular Hbond substituents is 1. The molecule has 22 heavy (non-hydrogen) atoms. The highest BCUT2D eigenvalue weighted by atomic mass is 16.7. The maximum absolute atomic E-state index is 12.6. The predicted octanol–water partition coefficient (Wildman–Crippen LogP) is 3.33. The number of fused-ring (bicyclic) bond motifs is 2. The highest BCUT2D eigenvalue weighted by Gasteiger charge is 2.22. The summed E-state index contributed by atoms with van der Waals surface area (Å²) in [6, 6.07) is 10.6. The van der Waals surface area contributed by atoms with E-state index in [0.29, 0.717) is 17.7 Å². The minimum atomic E-state index is 0.0268. The van der Waals surface area contributed by atoms with Gasteiger partial charge in [0.25, 0.3) is 0 Å². The van der Waals surface area contributed by atoms with Gasteiger partial charge in [0, 0.05) is 11.1 Å². The van der Waals surface area contributed by atoms with Gasteiger partial charge in [-0.2, -0.15) is 0 Å². The molecule has 0 saturated heterocycles. The number of aryl methyl sites for hydroxylation is 1. The number of aromatic hydroxyl groups is 1. The minimum Gasteiger partial charge on any atom is -0.508 e. The van der Waals surface area contributed by atoms with Gasteiger partial charge in [0.2, 0.25) is 6.79 Å². The molecule has 2 aliphatic rings. The second-order valence-corrected chi connectivity index (χ2v) is 5.45. The Balaban J connectivity index is 1.69. The second kappa shape index (κ2) is 4.91. The van der Waals surface area contributed by atoms with Crippen LogP contribution >= 0.6 is 0 Å². The number of rotatable bonds is 1. The van der Waals surface area contributed by atoms with Crippen LogP contribution in [0.3, 0.4) is 0 Å². The van der Waals surface area contributed by atoms with Crippen LogP contribution in [0.5, 0.6) is 17.2 Å². The third-order valence-corrected chi connectivity index (χ3v) is 4.03. The lowest BCUT2D eigenvalue weighted by atomic mass is 9.86. The van der Waals surface area contributed by atoms with Crippen LogP contribution in [0.2, 0.25) is 0 Å². The maximum atomic E-state index is 12.6. The van der Waals surface area contributed by atoms with E-state index in [0.717, 1.165) is 28.9 Å². The maximum Gasteiger partial charge on any atom is 0.231 e. The number of carbonyl (C=O) groups excluding carboxylic acids is 1. The fraction of sp³-hybridized carbons (Fsp3) is 0.167. The van der Waals surface area contributed by atoms with Crippen LogP contribution in [0.25, 0.3) is 6.08 Å². The monoisotopic (exact) mass is 294 g/mol. The highest BCUT2D eigenvalue weighted by Crippen LogP contribution is 2.34. The molecule has 0 radical (unpaired) electrons. The van der Waals surface area contributed by atoms with Gasteiger partial charge >= 0.3 is 0 Å². The molecular formula is C18H14O4. The Morgan fingerprint density at radius 3 is 2.77 bits per heavy atom. The summed E-state index contributed by atoms with van der Waals surface area (Å²) in [5, 5.41) is 9.51. The van der Waals surface area contributed by atoms with Crippen molar-refractivity contribution in [3.8, 4) is 17.2 Å². The Kier molecular flexibility index (Phi) is 2.89. The molecule has 110 valence electrons. The first kappa shape index (κ1) is 13.0. The zero-order valence-corrected chi connectivity index (χ0v) is 11.8. The van der Waals surface area contributed by atoms with E-state index in [2.05, 4.69) is 0 Å². The molecule has 4 heteroatoms. The Morgan fingerprint density at radius 2 is 1.86 bits per heavy atom. The van der Waals surface area contributed by atoms with Gasteiger partial charge in [-0.3, -0.25) is 4.79 Å².